The van der Waals surface area contributed by atoms with Crippen molar-refractivity contribution in [3.05, 3.63) is 71.9 Å². The van der Waals surface area contributed by atoms with Crippen LogP contribution in [0.3, 0.4) is 0 Å². The molecule has 3 rings (SSSR count). The molecule has 0 saturated carbocycles. The monoisotopic (exact) mass is 390 g/mol. The zero-order valence-electron chi connectivity index (χ0n) is 16.8. The smallest absolute Gasteiger partial charge is 0.263 e. The van der Waals surface area contributed by atoms with Gasteiger partial charge in [-0.05, 0) is 36.8 Å². The van der Waals surface area contributed by atoms with Gasteiger partial charge in [0.05, 0.1) is 13.2 Å². The van der Waals surface area contributed by atoms with Gasteiger partial charge in [0.15, 0.2) is 0 Å². The van der Waals surface area contributed by atoms with Crippen LogP contribution in [0.5, 0.6) is 5.75 Å². The number of amides is 1. The zero-order chi connectivity index (χ0) is 20.6. The summed E-state index contributed by atoms with van der Waals surface area (Å²) in [7, 11) is 1.61. The molecule has 1 aliphatic heterocycles. The van der Waals surface area contributed by atoms with Crippen LogP contribution in [0.15, 0.2) is 66.4 Å². The lowest BCUT2D eigenvalue weighted by Crippen LogP contribution is -2.44. The largest absolute Gasteiger partial charge is 0.497 e. The maximum atomic E-state index is 12.6. The first-order chi connectivity index (χ1) is 14.1. The van der Waals surface area contributed by atoms with E-state index in [-0.39, 0.29) is 17.5 Å². The maximum Gasteiger partial charge on any atom is 0.263 e. The van der Waals surface area contributed by atoms with Gasteiger partial charge in [0, 0.05) is 38.1 Å². The van der Waals surface area contributed by atoms with Crippen LogP contribution in [-0.2, 0) is 4.79 Å². The summed E-state index contributed by atoms with van der Waals surface area (Å²) in [6.45, 7) is 5.13. The highest BCUT2D eigenvalue weighted by molar-refractivity contribution is 5.97. The average Bonchev–Trinajstić information content (AvgIpc) is 2.78. The molecule has 1 heterocycles. The normalized spacial score (nSPS) is 15.4. The Hall–Kier alpha value is -3.46. The lowest BCUT2D eigenvalue weighted by molar-refractivity contribution is -0.117. The molecule has 150 valence electrons. The topological polar surface area (TPSA) is 68.6 Å². The maximum absolute atomic E-state index is 12.6. The Kier molecular flexibility index (Phi) is 6.75. The van der Waals surface area contributed by atoms with Gasteiger partial charge < -0.3 is 19.9 Å². The number of benzene rings is 2. The van der Waals surface area contributed by atoms with Crippen molar-refractivity contribution in [1.29, 1.82) is 5.26 Å². The Morgan fingerprint density at radius 3 is 2.34 bits per heavy atom. The van der Waals surface area contributed by atoms with E-state index in [9.17, 15) is 10.1 Å². The van der Waals surface area contributed by atoms with Gasteiger partial charge >= 0.3 is 0 Å². The minimum absolute atomic E-state index is 0.124. The molecule has 29 heavy (non-hydrogen) atoms. The van der Waals surface area contributed by atoms with E-state index >= 15 is 0 Å². The number of nitrogens with one attached hydrogen (secondary N) is 1. The molecule has 6 nitrogen and oxygen atoms in total. The Bertz CT molecular complexity index is 879. The van der Waals surface area contributed by atoms with E-state index in [1.807, 2.05) is 60.4 Å². The number of piperazine rings is 1. The number of hydrogen-bond donors (Lipinski definition) is 1. The van der Waals surface area contributed by atoms with Gasteiger partial charge in [-0.2, -0.15) is 5.26 Å². The summed E-state index contributed by atoms with van der Waals surface area (Å²) in [6, 6.07) is 19.6. The van der Waals surface area contributed by atoms with E-state index < -0.39 is 0 Å². The van der Waals surface area contributed by atoms with Crippen molar-refractivity contribution in [1.82, 2.24) is 10.2 Å². The predicted octanol–water partition coefficient (Wildman–Crippen LogP) is 3.10. The lowest BCUT2D eigenvalue weighted by Gasteiger charge is -2.35. The number of ether oxygens (including phenoxy) is 1. The van der Waals surface area contributed by atoms with Gasteiger partial charge in [-0.15, -0.1) is 0 Å². The average molecular weight is 390 g/mol. The molecule has 1 N–H and O–H groups in total. The summed E-state index contributed by atoms with van der Waals surface area (Å²) in [5, 5.41) is 12.4. The van der Waals surface area contributed by atoms with Gasteiger partial charge in [-0.25, -0.2) is 0 Å². The Morgan fingerprint density at radius 1 is 1.10 bits per heavy atom. The van der Waals surface area contributed by atoms with Crippen molar-refractivity contribution < 1.29 is 9.53 Å². The van der Waals surface area contributed by atoms with E-state index in [0.29, 0.717) is 0 Å². The first-order valence-corrected chi connectivity index (χ1v) is 9.71. The molecule has 1 unspecified atom stereocenters. The highest BCUT2D eigenvalue weighted by Crippen LogP contribution is 2.18. The van der Waals surface area contributed by atoms with Crippen molar-refractivity contribution in [2.75, 3.05) is 38.2 Å². The van der Waals surface area contributed by atoms with Crippen molar-refractivity contribution in [3.63, 3.8) is 0 Å². The Morgan fingerprint density at radius 2 is 1.76 bits per heavy atom. The summed E-state index contributed by atoms with van der Waals surface area (Å²) >= 11 is 0. The quantitative estimate of drug-likeness (QED) is 0.606. The summed E-state index contributed by atoms with van der Waals surface area (Å²) in [4.78, 5) is 16.9. The third kappa shape index (κ3) is 5.29. The molecule has 1 amide bonds. The summed E-state index contributed by atoms with van der Waals surface area (Å²) in [6.07, 6.45) is 1.68. The molecule has 2 aromatic rings. The number of methoxy groups -OCH3 is 1. The van der Waals surface area contributed by atoms with Gasteiger partial charge in [0.2, 0.25) is 0 Å². The molecule has 0 radical (unpaired) electrons. The second kappa shape index (κ2) is 9.65. The van der Waals surface area contributed by atoms with Crippen LogP contribution in [0.1, 0.15) is 18.5 Å². The number of nitriles is 1. The Balaban J connectivity index is 1.57. The van der Waals surface area contributed by atoms with Gasteiger partial charge in [-0.3, -0.25) is 4.79 Å². The number of carbonyl (C=O) groups excluding carboxylic acids is 1. The van der Waals surface area contributed by atoms with Crippen molar-refractivity contribution in [2.24, 2.45) is 0 Å². The second-order valence-corrected chi connectivity index (χ2v) is 6.98. The molecule has 1 fully saturated rings. The number of anilines is 1. The molecule has 6 heteroatoms. The van der Waals surface area contributed by atoms with Gasteiger partial charge in [-0.1, -0.05) is 30.3 Å². The fourth-order valence-electron chi connectivity index (χ4n) is 3.32. The van der Waals surface area contributed by atoms with E-state index in [1.54, 1.807) is 13.3 Å². The summed E-state index contributed by atoms with van der Waals surface area (Å²) in [5.41, 5.74) is 2.27. The zero-order valence-corrected chi connectivity index (χ0v) is 16.8. The van der Waals surface area contributed by atoms with Crippen LogP contribution in [0.4, 0.5) is 5.69 Å². The van der Waals surface area contributed by atoms with Gasteiger partial charge in [0.1, 0.15) is 17.4 Å². The molecule has 2 aromatic carbocycles. The number of carbonyl (C=O) groups is 1. The van der Waals surface area contributed by atoms with Crippen molar-refractivity contribution in [2.45, 2.75) is 13.0 Å². The molecule has 1 aliphatic rings. The van der Waals surface area contributed by atoms with Crippen LogP contribution in [0.2, 0.25) is 0 Å². The van der Waals surface area contributed by atoms with E-state index in [2.05, 4.69) is 22.3 Å². The minimum atomic E-state index is -0.360. The number of rotatable bonds is 6. The van der Waals surface area contributed by atoms with Crippen LogP contribution in [0, 0.1) is 11.3 Å². The number of para-hydroxylation sites is 1. The molecule has 0 aliphatic carbocycles. The highest BCUT2D eigenvalue weighted by atomic mass is 16.5. The van der Waals surface area contributed by atoms with Crippen LogP contribution >= 0.6 is 0 Å². The third-order valence-electron chi connectivity index (χ3n) is 5.08. The van der Waals surface area contributed by atoms with Crippen LogP contribution in [-0.4, -0.2) is 44.1 Å². The molecule has 1 saturated heterocycles. The van der Waals surface area contributed by atoms with E-state index in [1.165, 1.54) is 5.69 Å². The van der Waals surface area contributed by atoms with Crippen molar-refractivity contribution >= 4 is 11.6 Å². The minimum Gasteiger partial charge on any atom is -0.497 e. The molecule has 0 spiro atoms. The first kappa shape index (κ1) is 20.3. The molecular formula is C23H26N4O2. The summed E-state index contributed by atoms with van der Waals surface area (Å²) in [5.74, 6) is 0.404. The highest BCUT2D eigenvalue weighted by Gasteiger charge is 2.19. The fourth-order valence-corrected chi connectivity index (χ4v) is 3.32. The molecular weight excluding hydrogens is 364 g/mol. The van der Waals surface area contributed by atoms with Crippen LogP contribution < -0.4 is 15.0 Å². The molecule has 0 bridgehead atoms. The standard InChI is InChI=1S/C23H26N4O2/c1-18(19-8-10-22(29-2)11-9-19)25-23(28)20(16-24)17-26-12-14-27(15-13-26)21-6-4-3-5-7-21/h3-11,17-18H,12-15H2,1-2H3,(H,25,28)/b20-17-. The predicted molar refractivity (Wildman–Crippen MR) is 113 cm³/mol. The van der Waals surface area contributed by atoms with E-state index in [4.69, 9.17) is 4.74 Å². The van der Waals surface area contributed by atoms with Crippen LogP contribution in [0.25, 0.3) is 0 Å². The lowest BCUT2D eigenvalue weighted by atomic mass is 10.1. The van der Waals surface area contributed by atoms with E-state index in [0.717, 1.165) is 37.5 Å². The number of nitrogens with zero attached hydrogens (tertiary/aromatic N) is 3. The second-order valence-electron chi connectivity index (χ2n) is 6.98. The summed E-state index contributed by atoms with van der Waals surface area (Å²) < 4.78 is 5.16. The number of hydrogen-bond acceptors (Lipinski definition) is 5. The fraction of sp³-hybridized carbons (Fsp3) is 0.304. The SMILES string of the molecule is COc1ccc(C(C)NC(=O)/C(C#N)=C\N2CCN(c3ccccc3)CC2)cc1. The van der Waals surface area contributed by atoms with Gasteiger partial charge in [0.25, 0.3) is 5.91 Å². The molecule has 0 aromatic heterocycles. The van der Waals surface area contributed by atoms with Crippen molar-refractivity contribution in [3.8, 4) is 11.8 Å². The molecule has 1 atom stereocenters. The third-order valence-corrected chi connectivity index (χ3v) is 5.08. The Labute approximate surface area is 172 Å². The first-order valence-electron chi connectivity index (χ1n) is 9.71.